The van der Waals surface area contributed by atoms with Crippen molar-refractivity contribution in [3.63, 3.8) is 0 Å². The van der Waals surface area contributed by atoms with Crippen LogP contribution in [0.1, 0.15) is 51.3 Å². The summed E-state index contributed by atoms with van der Waals surface area (Å²) >= 11 is 0. The fourth-order valence-electron chi connectivity index (χ4n) is 3.65. The molecule has 1 heterocycles. The lowest BCUT2D eigenvalue weighted by Gasteiger charge is -2.38. The maximum Gasteiger partial charge on any atom is 0.134 e. The van der Waals surface area contributed by atoms with Crippen molar-refractivity contribution in [1.29, 1.82) is 0 Å². The Morgan fingerprint density at radius 2 is 1.95 bits per heavy atom. The van der Waals surface area contributed by atoms with E-state index in [0.29, 0.717) is 18.1 Å². The Hall–Kier alpha value is -1.32. The number of nitrogens with two attached hydrogens (primary N) is 1. The maximum absolute atomic E-state index is 6.06. The van der Waals surface area contributed by atoms with Gasteiger partial charge in [-0.1, -0.05) is 25.1 Å². The standard InChI is InChI=1S/C18H26N2O/c1-3-20(16-10-8-15(19)9-11-16)13(2)18-12-14-6-4-5-7-17(14)21-18/h4-7,12-13,15-16H,3,8-11,19H2,1-2H3. The van der Waals surface area contributed by atoms with Crippen molar-refractivity contribution in [2.75, 3.05) is 6.54 Å². The molecule has 0 amide bonds. The highest BCUT2D eigenvalue weighted by atomic mass is 16.3. The molecular formula is C18H26N2O. The number of para-hydroxylation sites is 1. The summed E-state index contributed by atoms with van der Waals surface area (Å²) < 4.78 is 6.06. The third-order valence-electron chi connectivity index (χ3n) is 4.93. The summed E-state index contributed by atoms with van der Waals surface area (Å²) in [6.07, 6.45) is 4.71. The van der Waals surface area contributed by atoms with Crippen LogP contribution in [0.3, 0.4) is 0 Å². The van der Waals surface area contributed by atoms with Crippen LogP contribution in [0.5, 0.6) is 0 Å². The van der Waals surface area contributed by atoms with E-state index in [1.165, 1.54) is 18.2 Å². The number of fused-ring (bicyclic) bond motifs is 1. The summed E-state index contributed by atoms with van der Waals surface area (Å²) in [6, 6.07) is 11.8. The predicted octanol–water partition coefficient (Wildman–Crippen LogP) is 4.09. The number of nitrogens with zero attached hydrogens (tertiary/aromatic N) is 1. The molecular weight excluding hydrogens is 260 g/mol. The molecule has 2 N–H and O–H groups in total. The highest BCUT2D eigenvalue weighted by molar-refractivity contribution is 5.77. The number of furan rings is 1. The van der Waals surface area contributed by atoms with Gasteiger partial charge in [-0.25, -0.2) is 0 Å². The van der Waals surface area contributed by atoms with Gasteiger partial charge >= 0.3 is 0 Å². The van der Waals surface area contributed by atoms with Crippen molar-refractivity contribution in [2.24, 2.45) is 5.73 Å². The second kappa shape index (κ2) is 6.20. The van der Waals surface area contributed by atoms with E-state index in [-0.39, 0.29) is 0 Å². The molecule has 2 aromatic rings. The Kier molecular flexibility index (Phi) is 4.32. The van der Waals surface area contributed by atoms with E-state index in [0.717, 1.165) is 30.7 Å². The van der Waals surface area contributed by atoms with Crippen molar-refractivity contribution < 1.29 is 4.42 Å². The van der Waals surface area contributed by atoms with Crippen LogP contribution in [0, 0.1) is 0 Å². The molecule has 1 fully saturated rings. The number of benzene rings is 1. The number of rotatable bonds is 4. The van der Waals surface area contributed by atoms with Gasteiger partial charge < -0.3 is 10.2 Å². The van der Waals surface area contributed by atoms with Crippen molar-refractivity contribution in [3.8, 4) is 0 Å². The normalized spacial score (nSPS) is 24.6. The molecule has 0 saturated heterocycles. The summed E-state index contributed by atoms with van der Waals surface area (Å²) in [7, 11) is 0. The van der Waals surface area contributed by atoms with Gasteiger partial charge in [-0.3, -0.25) is 4.90 Å². The minimum Gasteiger partial charge on any atom is -0.459 e. The third-order valence-corrected chi connectivity index (χ3v) is 4.93. The average molecular weight is 286 g/mol. The van der Waals surface area contributed by atoms with Crippen molar-refractivity contribution >= 4 is 11.0 Å². The van der Waals surface area contributed by atoms with Gasteiger partial charge in [0.05, 0.1) is 6.04 Å². The minimum absolute atomic E-state index is 0.321. The van der Waals surface area contributed by atoms with Crippen molar-refractivity contribution in [1.82, 2.24) is 4.90 Å². The Balaban J connectivity index is 1.79. The van der Waals surface area contributed by atoms with Gasteiger partial charge in [0.15, 0.2) is 0 Å². The van der Waals surface area contributed by atoms with Crippen LogP contribution < -0.4 is 5.73 Å². The molecule has 1 atom stereocenters. The maximum atomic E-state index is 6.06. The lowest BCUT2D eigenvalue weighted by atomic mass is 9.90. The van der Waals surface area contributed by atoms with E-state index in [1.807, 2.05) is 12.1 Å². The molecule has 1 aromatic heterocycles. The molecule has 0 bridgehead atoms. The van der Waals surface area contributed by atoms with Crippen LogP contribution in [0.4, 0.5) is 0 Å². The molecule has 1 aromatic carbocycles. The molecule has 1 aliphatic rings. The molecule has 1 saturated carbocycles. The van der Waals surface area contributed by atoms with Crippen LogP contribution in [-0.2, 0) is 0 Å². The van der Waals surface area contributed by atoms with Gasteiger partial charge in [-0.2, -0.15) is 0 Å². The monoisotopic (exact) mass is 286 g/mol. The Morgan fingerprint density at radius 1 is 1.24 bits per heavy atom. The third kappa shape index (κ3) is 2.99. The second-order valence-corrected chi connectivity index (χ2v) is 6.26. The molecule has 3 nitrogen and oxygen atoms in total. The zero-order chi connectivity index (χ0) is 14.8. The Bertz CT molecular complexity index is 551. The summed E-state index contributed by atoms with van der Waals surface area (Å²) in [5, 5.41) is 1.20. The molecule has 1 aliphatic carbocycles. The van der Waals surface area contributed by atoms with Crippen LogP contribution in [0.25, 0.3) is 11.0 Å². The fraction of sp³-hybridized carbons (Fsp3) is 0.556. The first-order valence-corrected chi connectivity index (χ1v) is 8.19. The van der Waals surface area contributed by atoms with Crippen LogP contribution >= 0.6 is 0 Å². The summed E-state index contributed by atoms with van der Waals surface area (Å²) in [5.41, 5.74) is 7.03. The zero-order valence-corrected chi connectivity index (χ0v) is 13.1. The first-order valence-electron chi connectivity index (χ1n) is 8.19. The first-order chi connectivity index (χ1) is 10.2. The lowest BCUT2D eigenvalue weighted by Crippen LogP contribution is -2.42. The fourth-order valence-corrected chi connectivity index (χ4v) is 3.65. The van der Waals surface area contributed by atoms with E-state index < -0.39 is 0 Å². The smallest absolute Gasteiger partial charge is 0.134 e. The zero-order valence-electron chi connectivity index (χ0n) is 13.1. The highest BCUT2D eigenvalue weighted by Crippen LogP contribution is 2.32. The molecule has 21 heavy (non-hydrogen) atoms. The average Bonchev–Trinajstić information content (AvgIpc) is 2.93. The van der Waals surface area contributed by atoms with Gasteiger partial charge in [0, 0.05) is 17.5 Å². The van der Waals surface area contributed by atoms with E-state index >= 15 is 0 Å². The van der Waals surface area contributed by atoms with E-state index in [9.17, 15) is 0 Å². The van der Waals surface area contributed by atoms with Gasteiger partial charge in [0.1, 0.15) is 11.3 Å². The summed E-state index contributed by atoms with van der Waals surface area (Å²) in [6.45, 7) is 5.56. The van der Waals surface area contributed by atoms with Crippen LogP contribution in [-0.4, -0.2) is 23.5 Å². The lowest BCUT2D eigenvalue weighted by molar-refractivity contribution is 0.103. The predicted molar refractivity (Wildman–Crippen MR) is 87.2 cm³/mol. The molecule has 3 rings (SSSR count). The van der Waals surface area contributed by atoms with Crippen molar-refractivity contribution in [2.45, 2.75) is 57.7 Å². The SMILES string of the molecule is CCN(C1CCC(N)CC1)C(C)c1cc2ccccc2o1. The topological polar surface area (TPSA) is 42.4 Å². The summed E-state index contributed by atoms with van der Waals surface area (Å²) in [4.78, 5) is 2.57. The summed E-state index contributed by atoms with van der Waals surface area (Å²) in [5.74, 6) is 1.08. The van der Waals surface area contributed by atoms with Crippen LogP contribution in [0.2, 0.25) is 0 Å². The second-order valence-electron chi connectivity index (χ2n) is 6.26. The van der Waals surface area contributed by atoms with Crippen LogP contribution in [0.15, 0.2) is 34.7 Å². The number of hydrogen-bond donors (Lipinski definition) is 1. The van der Waals surface area contributed by atoms with Crippen molar-refractivity contribution in [3.05, 3.63) is 36.1 Å². The molecule has 1 unspecified atom stereocenters. The molecule has 3 heteroatoms. The number of hydrogen-bond acceptors (Lipinski definition) is 3. The van der Waals surface area contributed by atoms with E-state index in [4.69, 9.17) is 10.2 Å². The van der Waals surface area contributed by atoms with Gasteiger partial charge in [-0.05, 0) is 51.3 Å². The largest absolute Gasteiger partial charge is 0.459 e. The molecule has 114 valence electrons. The molecule has 0 spiro atoms. The quantitative estimate of drug-likeness (QED) is 0.920. The van der Waals surface area contributed by atoms with Gasteiger partial charge in [0.2, 0.25) is 0 Å². The van der Waals surface area contributed by atoms with Gasteiger partial charge in [0.25, 0.3) is 0 Å². The Morgan fingerprint density at radius 3 is 2.62 bits per heavy atom. The molecule has 0 aliphatic heterocycles. The first kappa shape index (κ1) is 14.6. The van der Waals surface area contributed by atoms with Gasteiger partial charge in [-0.15, -0.1) is 0 Å². The highest BCUT2D eigenvalue weighted by Gasteiger charge is 2.28. The minimum atomic E-state index is 0.321. The van der Waals surface area contributed by atoms with E-state index in [1.54, 1.807) is 0 Å². The Labute approximate surface area is 127 Å². The molecule has 0 radical (unpaired) electrons. The van der Waals surface area contributed by atoms with E-state index in [2.05, 4.69) is 36.9 Å².